The van der Waals surface area contributed by atoms with E-state index in [9.17, 15) is 26.4 Å². The molecule has 0 radical (unpaired) electrons. The van der Waals surface area contributed by atoms with E-state index < -0.39 is 34.6 Å². The summed E-state index contributed by atoms with van der Waals surface area (Å²) in [5.41, 5.74) is 8.38. The normalized spacial score (nSPS) is 11.3. The second-order valence-corrected chi connectivity index (χ2v) is 11.7. The van der Waals surface area contributed by atoms with Gasteiger partial charge < -0.3 is 20.7 Å². The highest BCUT2D eigenvalue weighted by Crippen LogP contribution is 2.44. The van der Waals surface area contributed by atoms with Crippen LogP contribution in [0.15, 0.2) is 56.5 Å². The van der Waals surface area contributed by atoms with Crippen LogP contribution in [0.4, 0.5) is 13.2 Å². The largest absolute Gasteiger partial charge is 0.490 e. The number of nitrogens with one attached hydrogen (secondary N) is 1. The first-order valence-corrected chi connectivity index (χ1v) is 14.2. The van der Waals surface area contributed by atoms with Gasteiger partial charge in [0.1, 0.15) is 16.5 Å². The summed E-state index contributed by atoms with van der Waals surface area (Å²) in [4.78, 5) is 20.3. The van der Waals surface area contributed by atoms with Gasteiger partial charge in [0.05, 0.1) is 14.0 Å². The Labute approximate surface area is 229 Å². The van der Waals surface area contributed by atoms with Crippen LogP contribution in [0.1, 0.15) is 16.0 Å². The van der Waals surface area contributed by atoms with Crippen molar-refractivity contribution in [2.24, 2.45) is 5.73 Å². The number of hydrogen-bond acceptors (Lipinski definition) is 8. The lowest BCUT2D eigenvalue weighted by molar-refractivity contribution is -0.192. The van der Waals surface area contributed by atoms with Crippen LogP contribution in [0.2, 0.25) is 0 Å². The molecule has 2 aromatic carbocycles. The molecule has 3 rings (SSSR count). The Morgan fingerprint density at radius 1 is 1.13 bits per heavy atom. The molecular weight excluding hydrogens is 581 g/mol. The van der Waals surface area contributed by atoms with Gasteiger partial charge in [0.25, 0.3) is 0 Å². The van der Waals surface area contributed by atoms with Gasteiger partial charge in [-0.15, -0.1) is 23.1 Å². The summed E-state index contributed by atoms with van der Waals surface area (Å²) >= 11 is 2.36. The summed E-state index contributed by atoms with van der Waals surface area (Å²) in [7, 11) is -4.13. The van der Waals surface area contributed by atoms with Crippen molar-refractivity contribution in [3.05, 3.63) is 58.5 Å². The third-order valence-electron chi connectivity index (χ3n) is 5.01. The molecule has 39 heavy (non-hydrogen) atoms. The van der Waals surface area contributed by atoms with Crippen molar-refractivity contribution in [2.75, 3.05) is 12.9 Å². The van der Waals surface area contributed by atoms with E-state index in [1.807, 2.05) is 37.3 Å². The molecule has 15 heteroatoms. The maximum absolute atomic E-state index is 13.9. The van der Waals surface area contributed by atoms with Crippen LogP contribution in [0.3, 0.4) is 0 Å². The van der Waals surface area contributed by atoms with E-state index in [2.05, 4.69) is 0 Å². The number of nitrogen functional groups attached to an aromatic ring is 1. The number of sulfone groups is 1. The van der Waals surface area contributed by atoms with E-state index in [1.54, 1.807) is 19.2 Å². The van der Waals surface area contributed by atoms with Crippen molar-refractivity contribution in [1.29, 1.82) is 5.41 Å². The van der Waals surface area contributed by atoms with Crippen LogP contribution in [0.25, 0.3) is 11.1 Å². The smallest absolute Gasteiger partial charge is 0.481 e. The molecule has 5 N–H and O–H groups in total. The second-order valence-electron chi connectivity index (χ2n) is 7.76. The number of carbonyl (C=O) groups is 2. The summed E-state index contributed by atoms with van der Waals surface area (Å²) in [6, 6.07) is 12.3. The van der Waals surface area contributed by atoms with Gasteiger partial charge in [0.2, 0.25) is 9.84 Å². The van der Waals surface area contributed by atoms with Gasteiger partial charge in [0.15, 0.2) is 6.61 Å². The number of ether oxygens (including phenoxy) is 1. The number of carboxylic acids is 2. The Hall–Kier alpha value is -3.56. The number of thiophene rings is 1. The molecule has 3 aromatic rings. The molecule has 1 heterocycles. The molecule has 0 saturated carbocycles. The van der Waals surface area contributed by atoms with Gasteiger partial charge in [-0.2, -0.15) is 13.2 Å². The number of benzene rings is 2. The Morgan fingerprint density at radius 2 is 1.69 bits per heavy atom. The summed E-state index contributed by atoms with van der Waals surface area (Å²) in [6.45, 7) is 2.84. The number of aliphatic carboxylic acids is 2. The van der Waals surface area contributed by atoms with Gasteiger partial charge >= 0.3 is 18.1 Å². The monoisotopic (exact) mass is 604 g/mol. The molecule has 0 spiro atoms. The highest BCUT2D eigenvalue weighted by atomic mass is 32.2. The molecule has 0 saturated heterocycles. The molecule has 0 unspecified atom stereocenters. The first-order chi connectivity index (χ1) is 18.0. The van der Waals surface area contributed by atoms with Crippen LogP contribution in [0, 0.1) is 19.3 Å². The fourth-order valence-electron chi connectivity index (χ4n) is 3.49. The first-order valence-electron chi connectivity index (χ1n) is 10.6. The molecule has 0 amide bonds. The summed E-state index contributed by atoms with van der Waals surface area (Å²) in [5, 5.41) is 23.9. The van der Waals surface area contributed by atoms with Gasteiger partial charge in [-0.05, 0) is 54.5 Å². The molecule has 0 aliphatic rings. The molecule has 9 nitrogen and oxygen atoms in total. The predicted octanol–water partition coefficient (Wildman–Crippen LogP) is 4.97. The van der Waals surface area contributed by atoms with Crippen molar-refractivity contribution in [3.8, 4) is 16.9 Å². The zero-order chi connectivity index (χ0) is 29.7. The number of alkyl halides is 3. The number of nitrogens with two attached hydrogens (primary N) is 1. The summed E-state index contributed by atoms with van der Waals surface area (Å²) in [6.07, 6.45) is -3.34. The number of rotatable bonds is 8. The fraction of sp³-hybridized carbons (Fsp3) is 0.208. The van der Waals surface area contributed by atoms with E-state index >= 15 is 0 Å². The Bertz CT molecular complexity index is 1500. The minimum atomic E-state index is -5.08. The van der Waals surface area contributed by atoms with E-state index in [0.717, 1.165) is 28.0 Å². The Kier molecular flexibility index (Phi) is 10.2. The van der Waals surface area contributed by atoms with Crippen molar-refractivity contribution in [3.63, 3.8) is 0 Å². The molecule has 0 bridgehead atoms. The summed E-state index contributed by atoms with van der Waals surface area (Å²) in [5.74, 6) is -4.22. The molecule has 0 aliphatic heterocycles. The Morgan fingerprint density at radius 3 is 2.15 bits per heavy atom. The maximum atomic E-state index is 13.9. The SMILES string of the molecule is CSc1sc(C(=N)N)cc1S(=O)(=O)c1c(OCC(=O)O)cc(C)c(-c2ccccc2)c1C.O=C(O)C(F)(F)F. The highest BCUT2D eigenvalue weighted by molar-refractivity contribution is 8.01. The Balaban J connectivity index is 0.000000673. The summed E-state index contributed by atoms with van der Waals surface area (Å²) < 4.78 is 65.4. The zero-order valence-corrected chi connectivity index (χ0v) is 23.1. The molecular formula is C24H23F3N2O7S3. The van der Waals surface area contributed by atoms with Crippen molar-refractivity contribution in [1.82, 2.24) is 0 Å². The number of hydrogen-bond donors (Lipinski definition) is 4. The van der Waals surface area contributed by atoms with Crippen molar-refractivity contribution >= 4 is 50.7 Å². The van der Waals surface area contributed by atoms with Gasteiger partial charge in [0, 0.05) is 0 Å². The van der Waals surface area contributed by atoms with Crippen LogP contribution in [0.5, 0.6) is 5.75 Å². The van der Waals surface area contributed by atoms with E-state index in [1.165, 1.54) is 17.8 Å². The molecule has 1 aromatic heterocycles. The fourth-order valence-corrected chi connectivity index (χ4v) is 7.70. The average molecular weight is 605 g/mol. The lowest BCUT2D eigenvalue weighted by Crippen LogP contribution is -2.21. The standard InChI is InChI=1S/C22H22N2O5S3.C2HF3O2/c1-12-9-15(29-11-18(25)26)20(13(2)19(12)14-7-5-4-6-8-14)32(27,28)17-10-16(21(23)24)31-22(17)30-3;3-2(4,5)1(6)7/h4-10H,11H2,1-3H3,(H3,23,24)(H,25,26);(H,6,7). The number of aryl methyl sites for hydroxylation is 1. The second kappa shape index (κ2) is 12.5. The van der Waals surface area contributed by atoms with Gasteiger partial charge in [-0.3, -0.25) is 5.41 Å². The number of halogens is 3. The van der Waals surface area contributed by atoms with Crippen molar-refractivity contribution < 1.29 is 46.1 Å². The van der Waals surface area contributed by atoms with Crippen LogP contribution >= 0.6 is 23.1 Å². The number of carboxylic acid groups (broad SMARTS) is 2. The topological polar surface area (TPSA) is 168 Å². The third kappa shape index (κ3) is 7.52. The quantitative estimate of drug-likeness (QED) is 0.158. The third-order valence-corrected chi connectivity index (χ3v) is 9.52. The maximum Gasteiger partial charge on any atom is 0.490 e. The highest BCUT2D eigenvalue weighted by Gasteiger charge is 2.38. The van der Waals surface area contributed by atoms with Crippen LogP contribution in [-0.2, 0) is 19.4 Å². The number of thioether (sulfide) groups is 1. The lowest BCUT2D eigenvalue weighted by Gasteiger charge is -2.19. The minimum absolute atomic E-state index is 0.0198. The predicted molar refractivity (Wildman–Crippen MR) is 141 cm³/mol. The average Bonchev–Trinajstić information content (AvgIpc) is 3.29. The van der Waals surface area contributed by atoms with E-state index in [-0.39, 0.29) is 21.4 Å². The van der Waals surface area contributed by atoms with E-state index in [0.29, 0.717) is 14.6 Å². The van der Waals surface area contributed by atoms with Crippen LogP contribution in [-0.4, -0.2) is 55.4 Å². The molecule has 0 fully saturated rings. The van der Waals surface area contributed by atoms with Crippen molar-refractivity contribution in [2.45, 2.75) is 34.0 Å². The van der Waals surface area contributed by atoms with Gasteiger partial charge in [-0.1, -0.05) is 30.3 Å². The molecule has 0 aliphatic carbocycles. The van der Waals surface area contributed by atoms with Crippen LogP contribution < -0.4 is 10.5 Å². The molecule has 210 valence electrons. The lowest BCUT2D eigenvalue weighted by atomic mass is 9.95. The molecule has 0 atom stereocenters. The first kappa shape index (κ1) is 31.7. The number of amidine groups is 1. The van der Waals surface area contributed by atoms with Gasteiger partial charge in [-0.25, -0.2) is 18.0 Å². The minimum Gasteiger partial charge on any atom is -0.481 e. The zero-order valence-electron chi connectivity index (χ0n) is 20.6. The van der Waals surface area contributed by atoms with E-state index in [4.69, 9.17) is 30.9 Å².